The lowest BCUT2D eigenvalue weighted by Crippen LogP contribution is -2.24. The fraction of sp³-hybridized carbons (Fsp3) is 0.125. The molecule has 1 atom stereocenters. The van der Waals surface area contributed by atoms with Crippen LogP contribution in [0.3, 0.4) is 0 Å². The number of aromatic hydroxyl groups is 1. The Morgan fingerprint density at radius 2 is 1.81 bits per heavy atom. The van der Waals surface area contributed by atoms with Crippen molar-refractivity contribution in [3.05, 3.63) is 64.7 Å². The van der Waals surface area contributed by atoms with Crippen LogP contribution >= 0.6 is 11.6 Å². The second kappa shape index (κ2) is 6.41. The highest BCUT2D eigenvalue weighted by Gasteiger charge is 2.22. The molecule has 2 aromatic carbocycles. The van der Waals surface area contributed by atoms with Crippen molar-refractivity contribution in [3.63, 3.8) is 0 Å². The summed E-state index contributed by atoms with van der Waals surface area (Å²) in [4.78, 5) is 24.1. The molecule has 0 aromatic heterocycles. The van der Waals surface area contributed by atoms with E-state index in [1.54, 1.807) is 30.3 Å². The van der Waals surface area contributed by atoms with Gasteiger partial charge in [-0.2, -0.15) is 0 Å². The van der Waals surface area contributed by atoms with Crippen LogP contribution in [-0.4, -0.2) is 23.0 Å². The fourth-order valence-corrected chi connectivity index (χ4v) is 1.96. The monoisotopic (exact) mass is 304 g/mol. The Hall–Kier alpha value is -2.33. The standard InChI is InChI=1S/C16H13ClO4/c1-10(15(19)11-5-3-2-4-6-11)21-16(20)13-9-12(17)7-8-14(13)18/h2-10,18H,1H3. The van der Waals surface area contributed by atoms with Crippen molar-refractivity contribution in [2.45, 2.75) is 13.0 Å². The molecule has 0 saturated heterocycles. The van der Waals surface area contributed by atoms with Gasteiger partial charge in [-0.05, 0) is 25.1 Å². The van der Waals surface area contributed by atoms with Crippen molar-refractivity contribution in [1.29, 1.82) is 0 Å². The maximum Gasteiger partial charge on any atom is 0.342 e. The predicted molar refractivity (Wildman–Crippen MR) is 78.8 cm³/mol. The van der Waals surface area contributed by atoms with E-state index in [0.29, 0.717) is 10.6 Å². The molecule has 0 bridgehead atoms. The summed E-state index contributed by atoms with van der Waals surface area (Å²) in [6.07, 6.45) is -0.960. The number of phenols is 1. The maximum atomic E-state index is 12.1. The number of carbonyl (C=O) groups is 2. The molecule has 108 valence electrons. The van der Waals surface area contributed by atoms with Crippen LogP contribution in [0.2, 0.25) is 5.02 Å². The van der Waals surface area contributed by atoms with Crippen LogP contribution in [0.5, 0.6) is 5.75 Å². The third-order valence-corrected chi connectivity index (χ3v) is 3.12. The van der Waals surface area contributed by atoms with E-state index in [0.717, 1.165) is 0 Å². The van der Waals surface area contributed by atoms with Gasteiger partial charge < -0.3 is 9.84 Å². The number of hydrogen-bond acceptors (Lipinski definition) is 4. The van der Waals surface area contributed by atoms with Crippen LogP contribution in [0.15, 0.2) is 48.5 Å². The highest BCUT2D eigenvalue weighted by Crippen LogP contribution is 2.23. The minimum absolute atomic E-state index is 0.0739. The highest BCUT2D eigenvalue weighted by molar-refractivity contribution is 6.31. The molecule has 0 aliphatic rings. The van der Waals surface area contributed by atoms with Crippen molar-refractivity contribution in [2.75, 3.05) is 0 Å². The Balaban J connectivity index is 2.12. The summed E-state index contributed by atoms with van der Waals surface area (Å²) in [5, 5.41) is 9.92. The first-order valence-corrected chi connectivity index (χ1v) is 6.65. The molecule has 0 heterocycles. The first-order chi connectivity index (χ1) is 9.99. The number of Topliss-reactive ketones (excluding diaryl/α,β-unsaturated/α-hetero) is 1. The molecule has 5 heteroatoms. The third-order valence-electron chi connectivity index (χ3n) is 2.89. The number of esters is 1. The second-order valence-electron chi connectivity index (χ2n) is 4.44. The molecule has 0 spiro atoms. The molecule has 4 nitrogen and oxygen atoms in total. The summed E-state index contributed by atoms with van der Waals surface area (Å²) in [6.45, 7) is 1.48. The first-order valence-electron chi connectivity index (χ1n) is 6.28. The molecular weight excluding hydrogens is 292 g/mol. The number of ketones is 1. The van der Waals surface area contributed by atoms with E-state index in [2.05, 4.69) is 0 Å². The Labute approximate surface area is 126 Å². The minimum atomic E-state index is -0.960. The van der Waals surface area contributed by atoms with Gasteiger partial charge in [-0.15, -0.1) is 0 Å². The Kier molecular flexibility index (Phi) is 4.60. The quantitative estimate of drug-likeness (QED) is 0.694. The molecule has 0 saturated carbocycles. The number of phenolic OH excluding ortho intramolecular Hbond substituents is 1. The van der Waals surface area contributed by atoms with E-state index in [-0.39, 0.29) is 17.1 Å². The SMILES string of the molecule is CC(OC(=O)c1cc(Cl)ccc1O)C(=O)c1ccccc1. The molecule has 1 unspecified atom stereocenters. The average Bonchev–Trinajstić information content (AvgIpc) is 2.49. The maximum absolute atomic E-state index is 12.1. The zero-order valence-electron chi connectivity index (χ0n) is 11.2. The Morgan fingerprint density at radius 1 is 1.14 bits per heavy atom. The van der Waals surface area contributed by atoms with E-state index in [1.807, 2.05) is 0 Å². The second-order valence-corrected chi connectivity index (χ2v) is 4.88. The molecular formula is C16H13ClO4. The summed E-state index contributed by atoms with van der Waals surface area (Å²) in [5.41, 5.74) is 0.378. The predicted octanol–water partition coefficient (Wildman–Crippen LogP) is 3.47. The summed E-state index contributed by atoms with van der Waals surface area (Å²) < 4.78 is 5.08. The van der Waals surface area contributed by atoms with Crippen LogP contribution in [0.1, 0.15) is 27.6 Å². The highest BCUT2D eigenvalue weighted by atomic mass is 35.5. The lowest BCUT2D eigenvalue weighted by atomic mass is 10.1. The molecule has 0 amide bonds. The van der Waals surface area contributed by atoms with E-state index in [4.69, 9.17) is 16.3 Å². The summed E-state index contributed by atoms with van der Waals surface area (Å²) in [5.74, 6) is -1.36. The topological polar surface area (TPSA) is 63.6 Å². The molecule has 2 rings (SSSR count). The van der Waals surface area contributed by atoms with Gasteiger partial charge in [0, 0.05) is 10.6 Å². The molecule has 2 aromatic rings. The molecule has 21 heavy (non-hydrogen) atoms. The van der Waals surface area contributed by atoms with E-state index in [9.17, 15) is 14.7 Å². The van der Waals surface area contributed by atoms with Gasteiger partial charge in [0.15, 0.2) is 6.10 Å². The van der Waals surface area contributed by atoms with Gasteiger partial charge in [-0.3, -0.25) is 4.79 Å². The zero-order valence-corrected chi connectivity index (χ0v) is 12.0. The van der Waals surface area contributed by atoms with Crippen molar-refractivity contribution < 1.29 is 19.4 Å². The summed E-state index contributed by atoms with van der Waals surface area (Å²) in [6, 6.07) is 12.6. The number of carbonyl (C=O) groups excluding carboxylic acids is 2. The average molecular weight is 305 g/mol. The van der Waals surface area contributed by atoms with Crippen LogP contribution in [0.4, 0.5) is 0 Å². The summed E-state index contributed by atoms with van der Waals surface area (Å²) in [7, 11) is 0. The zero-order chi connectivity index (χ0) is 15.4. The Morgan fingerprint density at radius 3 is 2.48 bits per heavy atom. The van der Waals surface area contributed by atoms with Crippen molar-refractivity contribution >= 4 is 23.4 Å². The number of benzene rings is 2. The number of rotatable bonds is 4. The molecule has 0 aliphatic carbocycles. The van der Waals surface area contributed by atoms with Gasteiger partial charge in [0.05, 0.1) is 0 Å². The lowest BCUT2D eigenvalue weighted by Gasteiger charge is -2.13. The van der Waals surface area contributed by atoms with Crippen molar-refractivity contribution in [3.8, 4) is 5.75 Å². The van der Waals surface area contributed by atoms with Gasteiger partial charge in [-0.1, -0.05) is 41.9 Å². The van der Waals surface area contributed by atoms with Crippen LogP contribution in [0, 0.1) is 0 Å². The number of hydrogen-bond donors (Lipinski definition) is 1. The smallest absolute Gasteiger partial charge is 0.342 e. The lowest BCUT2D eigenvalue weighted by molar-refractivity contribution is 0.0316. The van der Waals surface area contributed by atoms with Crippen molar-refractivity contribution in [2.24, 2.45) is 0 Å². The van der Waals surface area contributed by atoms with Gasteiger partial charge in [0.1, 0.15) is 11.3 Å². The van der Waals surface area contributed by atoms with Crippen LogP contribution in [0.25, 0.3) is 0 Å². The molecule has 0 fully saturated rings. The largest absolute Gasteiger partial charge is 0.507 e. The van der Waals surface area contributed by atoms with Gasteiger partial charge in [-0.25, -0.2) is 4.79 Å². The minimum Gasteiger partial charge on any atom is -0.507 e. The third kappa shape index (κ3) is 3.61. The number of ether oxygens (including phenoxy) is 1. The van der Waals surface area contributed by atoms with Crippen molar-refractivity contribution in [1.82, 2.24) is 0 Å². The van der Waals surface area contributed by atoms with Gasteiger partial charge >= 0.3 is 5.97 Å². The molecule has 0 aliphatic heterocycles. The van der Waals surface area contributed by atoms with Gasteiger partial charge in [0.2, 0.25) is 5.78 Å². The van der Waals surface area contributed by atoms with Gasteiger partial charge in [0.25, 0.3) is 0 Å². The van der Waals surface area contributed by atoms with E-state index < -0.39 is 12.1 Å². The number of halogens is 1. The van der Waals surface area contributed by atoms with E-state index >= 15 is 0 Å². The Bertz CT molecular complexity index is 667. The van der Waals surface area contributed by atoms with Crippen LogP contribution < -0.4 is 0 Å². The van der Waals surface area contributed by atoms with Crippen LogP contribution in [-0.2, 0) is 4.74 Å². The normalized spacial score (nSPS) is 11.7. The van der Waals surface area contributed by atoms with E-state index in [1.165, 1.54) is 25.1 Å². The fourth-order valence-electron chi connectivity index (χ4n) is 1.79. The summed E-state index contributed by atoms with van der Waals surface area (Å²) >= 11 is 5.77. The molecule has 1 N–H and O–H groups in total. The molecule has 0 radical (unpaired) electrons. The first kappa shape index (κ1) is 15.1.